The van der Waals surface area contributed by atoms with Crippen LogP contribution in [0.5, 0.6) is 11.5 Å². The molecule has 2 aliphatic rings. The number of ether oxygens (including phenoxy) is 2. The number of hydrogen-bond donors (Lipinski definition) is 1. The fourth-order valence-corrected chi connectivity index (χ4v) is 5.03. The van der Waals surface area contributed by atoms with Crippen molar-refractivity contribution in [3.05, 3.63) is 23.8 Å². The van der Waals surface area contributed by atoms with E-state index in [9.17, 15) is 4.79 Å². The molecule has 1 aromatic rings. The molecular weight excluding hydrogens is 326 g/mol. The number of nitrogens with two attached hydrogens (primary N) is 1. The molecule has 3 unspecified atom stereocenters. The van der Waals surface area contributed by atoms with Crippen LogP contribution in [0.15, 0.2) is 23.2 Å². The van der Waals surface area contributed by atoms with E-state index >= 15 is 0 Å². The standard InChI is InChI=1S/C17H23N3O3S/c1-10-19-17(15(21)20(10)3)9-14(24-16(17,2)18)11-6-7-12(22-4)13(8-11)23-5/h6-8,14H,9,18H2,1-5H3. The van der Waals surface area contributed by atoms with Gasteiger partial charge in [0.05, 0.1) is 19.1 Å². The van der Waals surface area contributed by atoms with Gasteiger partial charge in [0.1, 0.15) is 5.84 Å². The van der Waals surface area contributed by atoms with Gasteiger partial charge in [-0.05, 0) is 31.5 Å². The number of amidine groups is 1. The Bertz CT molecular complexity index is 719. The van der Waals surface area contributed by atoms with E-state index in [2.05, 4.69) is 4.99 Å². The summed E-state index contributed by atoms with van der Waals surface area (Å²) in [5, 5.41) is 0.0619. The van der Waals surface area contributed by atoms with Crippen molar-refractivity contribution in [3.63, 3.8) is 0 Å². The molecule has 1 aromatic carbocycles. The minimum Gasteiger partial charge on any atom is -0.493 e. The van der Waals surface area contributed by atoms with E-state index in [4.69, 9.17) is 15.2 Å². The van der Waals surface area contributed by atoms with Gasteiger partial charge >= 0.3 is 0 Å². The maximum absolute atomic E-state index is 12.8. The number of thioether (sulfide) groups is 1. The molecule has 0 aliphatic carbocycles. The van der Waals surface area contributed by atoms with Crippen molar-refractivity contribution >= 4 is 23.5 Å². The average molecular weight is 349 g/mol. The van der Waals surface area contributed by atoms with E-state index in [1.165, 1.54) is 0 Å². The van der Waals surface area contributed by atoms with Crippen molar-refractivity contribution in [2.24, 2.45) is 10.7 Å². The summed E-state index contributed by atoms with van der Waals surface area (Å²) in [5.74, 6) is 2.04. The van der Waals surface area contributed by atoms with Gasteiger partial charge in [0.15, 0.2) is 17.0 Å². The van der Waals surface area contributed by atoms with Crippen LogP contribution in [0.1, 0.15) is 31.1 Å². The molecule has 2 heterocycles. The lowest BCUT2D eigenvalue weighted by atomic mass is 9.85. The highest BCUT2D eigenvalue weighted by molar-refractivity contribution is 8.01. The molecule has 0 bridgehead atoms. The van der Waals surface area contributed by atoms with Gasteiger partial charge in [0.2, 0.25) is 0 Å². The van der Waals surface area contributed by atoms with Gasteiger partial charge < -0.3 is 20.1 Å². The van der Waals surface area contributed by atoms with Crippen LogP contribution in [0.4, 0.5) is 0 Å². The van der Waals surface area contributed by atoms with Crippen molar-refractivity contribution in [2.75, 3.05) is 21.3 Å². The second-order valence-electron chi connectivity index (χ2n) is 6.42. The molecule has 0 saturated carbocycles. The van der Waals surface area contributed by atoms with Crippen LogP contribution < -0.4 is 15.2 Å². The summed E-state index contributed by atoms with van der Waals surface area (Å²) < 4.78 is 10.7. The molecule has 24 heavy (non-hydrogen) atoms. The Morgan fingerprint density at radius 1 is 1.33 bits per heavy atom. The number of carbonyl (C=O) groups excluding carboxylic acids is 1. The third kappa shape index (κ3) is 2.29. The van der Waals surface area contributed by atoms with Crippen molar-refractivity contribution in [3.8, 4) is 11.5 Å². The largest absolute Gasteiger partial charge is 0.493 e. The lowest BCUT2D eigenvalue weighted by molar-refractivity contribution is -0.131. The Kier molecular flexibility index (Phi) is 4.04. The van der Waals surface area contributed by atoms with E-state index in [-0.39, 0.29) is 11.2 Å². The number of carbonyl (C=O) groups is 1. The third-order valence-electron chi connectivity index (χ3n) is 4.96. The molecule has 2 N–H and O–H groups in total. The summed E-state index contributed by atoms with van der Waals surface area (Å²) in [6, 6.07) is 5.82. The first-order chi connectivity index (χ1) is 11.3. The topological polar surface area (TPSA) is 77.2 Å². The predicted molar refractivity (Wildman–Crippen MR) is 95.7 cm³/mol. The second-order valence-corrected chi connectivity index (χ2v) is 8.07. The van der Waals surface area contributed by atoms with Crippen molar-refractivity contribution in [2.45, 2.75) is 35.9 Å². The quantitative estimate of drug-likeness (QED) is 0.905. The molecule has 7 heteroatoms. The zero-order valence-electron chi connectivity index (χ0n) is 14.6. The Hall–Kier alpha value is -1.73. The predicted octanol–water partition coefficient (Wildman–Crippen LogP) is 2.19. The van der Waals surface area contributed by atoms with E-state index in [0.717, 1.165) is 5.56 Å². The number of hydrogen-bond acceptors (Lipinski definition) is 6. The maximum atomic E-state index is 12.8. The summed E-state index contributed by atoms with van der Waals surface area (Å²) in [6.45, 7) is 3.74. The van der Waals surface area contributed by atoms with Gasteiger partial charge in [0, 0.05) is 18.7 Å². The summed E-state index contributed by atoms with van der Waals surface area (Å²) in [7, 11) is 4.97. The smallest absolute Gasteiger partial charge is 0.258 e. The Labute approximate surface area is 146 Å². The number of aliphatic imine (C=N–C) groups is 1. The lowest BCUT2D eigenvalue weighted by Crippen LogP contribution is -2.57. The van der Waals surface area contributed by atoms with Crippen LogP contribution in [-0.4, -0.2) is 48.3 Å². The molecule has 1 spiro atoms. The first-order valence-electron chi connectivity index (χ1n) is 7.79. The summed E-state index contributed by atoms with van der Waals surface area (Å²) >= 11 is 1.58. The maximum Gasteiger partial charge on any atom is 0.258 e. The number of amides is 1. The first-order valence-corrected chi connectivity index (χ1v) is 8.67. The molecular formula is C17H23N3O3S. The second kappa shape index (κ2) is 5.67. The third-order valence-corrected chi connectivity index (χ3v) is 6.52. The Balaban J connectivity index is 1.98. The molecule has 0 radical (unpaired) electrons. The van der Waals surface area contributed by atoms with Gasteiger partial charge in [-0.2, -0.15) is 0 Å². The highest BCUT2D eigenvalue weighted by Gasteiger charge is 2.63. The summed E-state index contributed by atoms with van der Waals surface area (Å²) in [4.78, 5) is 18.3. The molecule has 1 fully saturated rings. The minimum atomic E-state index is -0.908. The molecule has 1 saturated heterocycles. The van der Waals surface area contributed by atoms with Gasteiger partial charge in [-0.15, -0.1) is 11.8 Å². The fourth-order valence-electron chi connectivity index (χ4n) is 3.42. The van der Waals surface area contributed by atoms with Gasteiger partial charge in [-0.25, -0.2) is 0 Å². The van der Waals surface area contributed by atoms with Crippen LogP contribution in [0.2, 0.25) is 0 Å². The van der Waals surface area contributed by atoms with Crippen molar-refractivity contribution in [1.82, 2.24) is 4.90 Å². The van der Waals surface area contributed by atoms with E-state index in [1.54, 1.807) is 37.9 Å². The Morgan fingerprint density at radius 3 is 2.54 bits per heavy atom. The molecule has 2 aliphatic heterocycles. The number of benzene rings is 1. The number of rotatable bonds is 3. The van der Waals surface area contributed by atoms with Gasteiger partial charge in [0.25, 0.3) is 5.91 Å². The van der Waals surface area contributed by atoms with Crippen LogP contribution in [-0.2, 0) is 4.79 Å². The SMILES string of the molecule is COc1ccc(C2CC3(N=C(C)N(C)C3=O)C(C)(N)S2)cc1OC. The summed E-state index contributed by atoms with van der Waals surface area (Å²) in [5.41, 5.74) is 6.69. The molecule has 6 nitrogen and oxygen atoms in total. The molecule has 0 aromatic heterocycles. The van der Waals surface area contributed by atoms with Crippen molar-refractivity contribution < 1.29 is 14.3 Å². The summed E-state index contributed by atoms with van der Waals surface area (Å²) in [6.07, 6.45) is 0.570. The molecule has 3 rings (SSSR count). The highest BCUT2D eigenvalue weighted by Crippen LogP contribution is 2.58. The lowest BCUT2D eigenvalue weighted by Gasteiger charge is -2.32. The normalized spacial score (nSPS) is 32.4. The van der Waals surface area contributed by atoms with E-state index in [1.807, 2.05) is 32.0 Å². The number of likely N-dealkylation sites (N-methyl/N-ethyl adjacent to an activating group) is 1. The van der Waals surface area contributed by atoms with Crippen LogP contribution in [0, 0.1) is 0 Å². The fraction of sp³-hybridized carbons (Fsp3) is 0.529. The zero-order chi connectivity index (χ0) is 17.7. The number of nitrogens with zero attached hydrogens (tertiary/aromatic N) is 2. The monoisotopic (exact) mass is 349 g/mol. The van der Waals surface area contributed by atoms with Gasteiger partial charge in [-0.1, -0.05) is 6.07 Å². The Morgan fingerprint density at radius 2 is 2.00 bits per heavy atom. The van der Waals surface area contributed by atoms with Crippen LogP contribution in [0.25, 0.3) is 0 Å². The zero-order valence-corrected chi connectivity index (χ0v) is 15.4. The van der Waals surface area contributed by atoms with E-state index in [0.29, 0.717) is 23.8 Å². The molecule has 1 amide bonds. The minimum absolute atomic E-state index is 0.0273. The van der Waals surface area contributed by atoms with Crippen molar-refractivity contribution in [1.29, 1.82) is 0 Å². The van der Waals surface area contributed by atoms with E-state index < -0.39 is 10.4 Å². The van der Waals surface area contributed by atoms with Gasteiger partial charge in [-0.3, -0.25) is 9.79 Å². The number of methoxy groups -OCH3 is 2. The molecule has 3 atom stereocenters. The highest BCUT2D eigenvalue weighted by atomic mass is 32.2. The van der Waals surface area contributed by atoms with Crippen LogP contribution in [0.3, 0.4) is 0 Å². The average Bonchev–Trinajstić information content (AvgIpc) is 2.95. The first kappa shape index (κ1) is 17.1. The molecule has 130 valence electrons. The van der Waals surface area contributed by atoms with Crippen LogP contribution >= 0.6 is 11.8 Å².